The number of carbonyl (C=O) groups is 1. The van der Waals surface area contributed by atoms with E-state index in [-0.39, 0.29) is 35.5 Å². The van der Waals surface area contributed by atoms with Gasteiger partial charge in [-0.15, -0.1) is 0 Å². The molecule has 0 radical (unpaired) electrons. The standard InChI is InChI=1S/C15H21N3O5S/c1-10-8-13(18(20)21)9-14(11(10)2)24(22,23)17-6-4-12(5-7-17)15(19)16-3/h8-9,12H,4-7H2,1-3H3,(H,16,19). The third-order valence-corrected chi connectivity index (χ3v) is 6.53. The SMILES string of the molecule is CNC(=O)C1CCN(S(=O)(=O)c2cc([N+](=O)[O-])cc(C)c2C)CC1. The highest BCUT2D eigenvalue weighted by Gasteiger charge is 2.33. The monoisotopic (exact) mass is 355 g/mol. The lowest BCUT2D eigenvalue weighted by Crippen LogP contribution is -2.42. The van der Waals surface area contributed by atoms with Crippen molar-refractivity contribution in [1.29, 1.82) is 0 Å². The van der Waals surface area contributed by atoms with Crippen LogP contribution in [0.2, 0.25) is 0 Å². The summed E-state index contributed by atoms with van der Waals surface area (Å²) in [7, 11) is -2.27. The Morgan fingerprint density at radius 3 is 2.38 bits per heavy atom. The lowest BCUT2D eigenvalue weighted by atomic mass is 9.97. The van der Waals surface area contributed by atoms with Crippen LogP contribution in [0.4, 0.5) is 5.69 Å². The molecule has 1 saturated heterocycles. The van der Waals surface area contributed by atoms with Crippen LogP contribution in [0.25, 0.3) is 0 Å². The van der Waals surface area contributed by atoms with Crippen LogP contribution < -0.4 is 5.32 Å². The highest BCUT2D eigenvalue weighted by molar-refractivity contribution is 7.89. The van der Waals surface area contributed by atoms with Gasteiger partial charge in [-0.05, 0) is 37.8 Å². The number of amides is 1. The van der Waals surface area contributed by atoms with E-state index in [1.54, 1.807) is 20.9 Å². The third kappa shape index (κ3) is 3.41. The zero-order valence-corrected chi connectivity index (χ0v) is 14.7. The molecule has 24 heavy (non-hydrogen) atoms. The maximum absolute atomic E-state index is 12.9. The van der Waals surface area contributed by atoms with Crippen molar-refractivity contribution in [2.45, 2.75) is 31.6 Å². The Morgan fingerprint density at radius 1 is 1.29 bits per heavy atom. The zero-order valence-electron chi connectivity index (χ0n) is 13.9. The molecule has 132 valence electrons. The second-order valence-corrected chi connectivity index (χ2v) is 7.84. The van der Waals surface area contributed by atoms with E-state index in [0.29, 0.717) is 24.0 Å². The molecule has 1 fully saturated rings. The first kappa shape index (κ1) is 18.3. The van der Waals surface area contributed by atoms with Crippen molar-refractivity contribution in [2.24, 2.45) is 5.92 Å². The number of rotatable bonds is 4. The van der Waals surface area contributed by atoms with Gasteiger partial charge in [0.25, 0.3) is 5.69 Å². The molecule has 0 aliphatic carbocycles. The molecule has 1 aliphatic rings. The number of nitrogens with zero attached hydrogens (tertiary/aromatic N) is 2. The third-order valence-electron chi connectivity index (χ3n) is 4.50. The van der Waals surface area contributed by atoms with E-state index in [0.717, 1.165) is 6.07 Å². The molecular formula is C15H21N3O5S. The highest BCUT2D eigenvalue weighted by Crippen LogP contribution is 2.30. The van der Waals surface area contributed by atoms with Gasteiger partial charge in [-0.2, -0.15) is 4.31 Å². The van der Waals surface area contributed by atoms with Gasteiger partial charge in [-0.3, -0.25) is 14.9 Å². The van der Waals surface area contributed by atoms with E-state index < -0.39 is 14.9 Å². The number of aryl methyl sites for hydroxylation is 1. The molecule has 0 spiro atoms. The van der Waals surface area contributed by atoms with Crippen LogP contribution in [0.5, 0.6) is 0 Å². The first-order valence-electron chi connectivity index (χ1n) is 7.66. The first-order chi connectivity index (χ1) is 11.2. The van der Waals surface area contributed by atoms with Crippen molar-refractivity contribution in [3.63, 3.8) is 0 Å². The maximum Gasteiger partial charge on any atom is 0.271 e. The highest BCUT2D eigenvalue weighted by atomic mass is 32.2. The van der Waals surface area contributed by atoms with Gasteiger partial charge in [-0.25, -0.2) is 8.42 Å². The lowest BCUT2D eigenvalue weighted by Gasteiger charge is -2.30. The summed E-state index contributed by atoms with van der Waals surface area (Å²) in [5.74, 6) is -0.288. The molecule has 1 aliphatic heterocycles. The zero-order chi connectivity index (χ0) is 18.1. The van der Waals surface area contributed by atoms with Gasteiger partial charge in [0.2, 0.25) is 15.9 Å². The van der Waals surface area contributed by atoms with Crippen LogP contribution in [0.3, 0.4) is 0 Å². The Morgan fingerprint density at radius 2 is 1.88 bits per heavy atom. The quantitative estimate of drug-likeness (QED) is 0.648. The molecule has 1 aromatic carbocycles. The molecule has 1 heterocycles. The van der Waals surface area contributed by atoms with Crippen LogP contribution in [0.15, 0.2) is 17.0 Å². The maximum atomic E-state index is 12.9. The molecule has 0 atom stereocenters. The van der Waals surface area contributed by atoms with Crippen molar-refractivity contribution < 1.29 is 18.1 Å². The van der Waals surface area contributed by atoms with Gasteiger partial charge in [0, 0.05) is 38.2 Å². The molecule has 2 rings (SSSR count). The number of hydrogen-bond donors (Lipinski definition) is 1. The molecule has 0 bridgehead atoms. The Bertz CT molecular complexity index is 768. The van der Waals surface area contributed by atoms with E-state index in [1.165, 1.54) is 10.4 Å². The number of benzene rings is 1. The van der Waals surface area contributed by atoms with Gasteiger partial charge < -0.3 is 5.32 Å². The average Bonchev–Trinajstić information content (AvgIpc) is 2.56. The van der Waals surface area contributed by atoms with E-state index in [2.05, 4.69) is 5.32 Å². The van der Waals surface area contributed by atoms with Gasteiger partial charge in [0.05, 0.1) is 9.82 Å². The Hall–Kier alpha value is -2.00. The lowest BCUT2D eigenvalue weighted by molar-refractivity contribution is -0.385. The number of nitrogens with one attached hydrogen (secondary N) is 1. The molecule has 1 N–H and O–H groups in total. The van der Waals surface area contributed by atoms with Crippen LogP contribution >= 0.6 is 0 Å². The number of nitro benzene ring substituents is 1. The van der Waals surface area contributed by atoms with E-state index >= 15 is 0 Å². The summed E-state index contributed by atoms with van der Waals surface area (Å²) < 4.78 is 27.1. The minimum atomic E-state index is -3.83. The minimum Gasteiger partial charge on any atom is -0.359 e. The average molecular weight is 355 g/mol. The van der Waals surface area contributed by atoms with Gasteiger partial charge in [0.1, 0.15) is 0 Å². The number of hydrogen-bond acceptors (Lipinski definition) is 5. The Kier molecular flexibility index (Phi) is 5.24. The smallest absolute Gasteiger partial charge is 0.271 e. The molecule has 0 aromatic heterocycles. The fourth-order valence-corrected chi connectivity index (χ4v) is 4.67. The van der Waals surface area contributed by atoms with Crippen LogP contribution in [-0.4, -0.2) is 43.7 Å². The summed E-state index contributed by atoms with van der Waals surface area (Å²) in [6.45, 7) is 3.74. The van der Waals surface area contributed by atoms with Crippen molar-refractivity contribution in [2.75, 3.05) is 20.1 Å². The molecule has 1 aromatic rings. The number of piperidine rings is 1. The van der Waals surface area contributed by atoms with Crippen molar-refractivity contribution in [1.82, 2.24) is 9.62 Å². The van der Waals surface area contributed by atoms with Crippen LogP contribution in [0, 0.1) is 29.9 Å². The van der Waals surface area contributed by atoms with Gasteiger partial charge in [0.15, 0.2) is 0 Å². The summed E-state index contributed by atoms with van der Waals surface area (Å²) in [5, 5.41) is 13.6. The number of carbonyl (C=O) groups excluding carboxylic acids is 1. The molecule has 0 unspecified atom stereocenters. The molecular weight excluding hydrogens is 334 g/mol. The number of sulfonamides is 1. The second-order valence-electron chi connectivity index (χ2n) is 5.94. The van der Waals surface area contributed by atoms with Crippen molar-refractivity contribution in [3.8, 4) is 0 Å². The number of non-ortho nitro benzene ring substituents is 1. The van der Waals surface area contributed by atoms with Gasteiger partial charge >= 0.3 is 0 Å². The summed E-state index contributed by atoms with van der Waals surface area (Å²) in [6, 6.07) is 2.48. The predicted octanol–water partition coefficient (Wildman–Crippen LogP) is 1.36. The molecule has 8 nitrogen and oxygen atoms in total. The van der Waals surface area contributed by atoms with Crippen molar-refractivity contribution in [3.05, 3.63) is 33.4 Å². The Labute approximate surface area is 141 Å². The van der Waals surface area contributed by atoms with Crippen LogP contribution in [0.1, 0.15) is 24.0 Å². The van der Waals surface area contributed by atoms with E-state index in [9.17, 15) is 23.3 Å². The minimum absolute atomic E-state index is 0.0346. The summed E-state index contributed by atoms with van der Waals surface area (Å²) in [5.41, 5.74) is 0.828. The van der Waals surface area contributed by atoms with E-state index in [4.69, 9.17) is 0 Å². The van der Waals surface area contributed by atoms with Crippen LogP contribution in [-0.2, 0) is 14.8 Å². The Balaban J connectivity index is 2.32. The second kappa shape index (κ2) is 6.86. The summed E-state index contributed by atoms with van der Waals surface area (Å²) >= 11 is 0. The largest absolute Gasteiger partial charge is 0.359 e. The fraction of sp³-hybridized carbons (Fsp3) is 0.533. The number of nitro groups is 1. The van der Waals surface area contributed by atoms with E-state index in [1.807, 2.05) is 0 Å². The summed E-state index contributed by atoms with van der Waals surface area (Å²) in [6.07, 6.45) is 0.873. The van der Waals surface area contributed by atoms with Gasteiger partial charge in [-0.1, -0.05) is 0 Å². The molecule has 9 heteroatoms. The normalized spacial score (nSPS) is 16.8. The molecule has 1 amide bonds. The molecule has 0 saturated carbocycles. The predicted molar refractivity (Wildman–Crippen MR) is 88.1 cm³/mol. The van der Waals surface area contributed by atoms with Crippen molar-refractivity contribution >= 4 is 21.6 Å². The first-order valence-corrected chi connectivity index (χ1v) is 9.10. The fourth-order valence-electron chi connectivity index (χ4n) is 2.88. The summed E-state index contributed by atoms with van der Waals surface area (Å²) in [4.78, 5) is 22.1. The topological polar surface area (TPSA) is 110 Å².